The molecule has 0 radical (unpaired) electrons. The largest absolute Gasteiger partial charge is 0.395 e. The average Bonchev–Trinajstić information content (AvgIpc) is 2.38. The minimum atomic E-state index is 0.000702. The van der Waals surface area contributed by atoms with Crippen molar-refractivity contribution in [3.8, 4) is 11.8 Å². The second-order valence-corrected chi connectivity index (χ2v) is 4.60. The number of hydrogen-bond donors (Lipinski definition) is 2. The van der Waals surface area contributed by atoms with Crippen molar-refractivity contribution in [3.05, 3.63) is 29.8 Å². The summed E-state index contributed by atoms with van der Waals surface area (Å²) >= 11 is 1.64. The van der Waals surface area contributed by atoms with Gasteiger partial charge in [0.05, 0.1) is 12.3 Å². The summed E-state index contributed by atoms with van der Waals surface area (Å²) in [5.41, 5.74) is 1.51. The van der Waals surface area contributed by atoms with Crippen LogP contribution in [0.3, 0.4) is 0 Å². The number of carbonyl (C=O) groups is 1. The highest BCUT2D eigenvalue weighted by atomic mass is 32.2. The molecule has 0 unspecified atom stereocenters. The molecule has 0 bridgehead atoms. The zero-order chi connectivity index (χ0) is 13.2. The van der Waals surface area contributed by atoms with Crippen LogP contribution in [0.4, 0.5) is 5.69 Å². The molecule has 0 fully saturated rings. The van der Waals surface area contributed by atoms with E-state index >= 15 is 0 Å². The van der Waals surface area contributed by atoms with Gasteiger partial charge in [-0.15, -0.1) is 0 Å². The Hall–Kier alpha value is -1.44. The third-order valence-corrected chi connectivity index (χ3v) is 2.81. The van der Waals surface area contributed by atoms with Crippen LogP contribution in [0.25, 0.3) is 0 Å². The molecular weight excluding hydrogens is 246 g/mol. The van der Waals surface area contributed by atoms with Crippen LogP contribution in [0.15, 0.2) is 24.3 Å². The van der Waals surface area contributed by atoms with E-state index in [0.29, 0.717) is 12.8 Å². The molecule has 0 atom stereocenters. The van der Waals surface area contributed by atoms with Crippen LogP contribution < -0.4 is 5.32 Å². The van der Waals surface area contributed by atoms with Crippen molar-refractivity contribution >= 4 is 23.4 Å². The normalized spacial score (nSPS) is 9.44. The molecule has 1 aromatic carbocycles. The van der Waals surface area contributed by atoms with Crippen molar-refractivity contribution in [3.63, 3.8) is 0 Å². The summed E-state index contributed by atoms with van der Waals surface area (Å²) in [6.07, 6.45) is 2.91. The fraction of sp³-hybridized carbons (Fsp3) is 0.357. The van der Waals surface area contributed by atoms with E-state index in [9.17, 15) is 4.79 Å². The van der Waals surface area contributed by atoms with Gasteiger partial charge in [0.15, 0.2) is 0 Å². The van der Waals surface area contributed by atoms with Crippen molar-refractivity contribution in [1.29, 1.82) is 0 Å². The van der Waals surface area contributed by atoms with Crippen molar-refractivity contribution in [1.82, 2.24) is 0 Å². The number of rotatable bonds is 5. The summed E-state index contributed by atoms with van der Waals surface area (Å²) in [4.78, 5) is 11.6. The summed E-state index contributed by atoms with van der Waals surface area (Å²) in [6.45, 7) is 0.0508. The first-order chi connectivity index (χ1) is 8.77. The predicted octanol–water partition coefficient (Wildman–Crippen LogP) is 2.11. The summed E-state index contributed by atoms with van der Waals surface area (Å²) in [5, 5.41) is 11.5. The fourth-order valence-electron chi connectivity index (χ4n) is 1.32. The number of carbonyl (C=O) groups excluding carboxylic acids is 1. The predicted molar refractivity (Wildman–Crippen MR) is 76.7 cm³/mol. The molecule has 0 aliphatic carbocycles. The topological polar surface area (TPSA) is 49.3 Å². The van der Waals surface area contributed by atoms with Crippen LogP contribution in [-0.4, -0.2) is 29.6 Å². The molecule has 0 saturated heterocycles. The third-order valence-electron chi connectivity index (χ3n) is 2.19. The van der Waals surface area contributed by atoms with Gasteiger partial charge in [0, 0.05) is 24.2 Å². The van der Waals surface area contributed by atoms with Gasteiger partial charge in [-0.25, -0.2) is 0 Å². The molecule has 4 heteroatoms. The van der Waals surface area contributed by atoms with Crippen LogP contribution in [-0.2, 0) is 4.79 Å². The number of aliphatic hydroxyl groups excluding tert-OH is 1. The van der Waals surface area contributed by atoms with Crippen LogP contribution in [0.1, 0.15) is 18.4 Å². The first-order valence-electron chi connectivity index (χ1n) is 5.75. The van der Waals surface area contributed by atoms with Gasteiger partial charge in [0.25, 0.3) is 0 Å². The Morgan fingerprint density at radius 3 is 2.94 bits per heavy atom. The van der Waals surface area contributed by atoms with E-state index < -0.39 is 0 Å². The molecule has 96 valence electrons. The van der Waals surface area contributed by atoms with Crippen LogP contribution in [0.2, 0.25) is 0 Å². The van der Waals surface area contributed by atoms with Crippen molar-refractivity contribution in [2.75, 3.05) is 23.9 Å². The Kier molecular flexibility index (Phi) is 7.00. The Labute approximate surface area is 112 Å². The monoisotopic (exact) mass is 263 g/mol. The van der Waals surface area contributed by atoms with Gasteiger partial charge in [-0.05, 0) is 18.4 Å². The Morgan fingerprint density at radius 1 is 1.44 bits per heavy atom. The van der Waals surface area contributed by atoms with Gasteiger partial charge < -0.3 is 10.4 Å². The second-order valence-electron chi connectivity index (χ2n) is 3.61. The molecule has 0 spiro atoms. The minimum Gasteiger partial charge on any atom is -0.395 e. The van der Waals surface area contributed by atoms with Gasteiger partial charge in [0.1, 0.15) is 0 Å². The number of anilines is 1. The molecule has 0 saturated carbocycles. The second kappa shape index (κ2) is 8.62. The van der Waals surface area contributed by atoms with Crippen molar-refractivity contribution in [2.24, 2.45) is 0 Å². The lowest BCUT2D eigenvalue weighted by Crippen LogP contribution is -2.13. The molecule has 18 heavy (non-hydrogen) atoms. The molecule has 0 aromatic heterocycles. The fourth-order valence-corrected chi connectivity index (χ4v) is 1.71. The maximum absolute atomic E-state index is 11.6. The molecule has 0 aliphatic heterocycles. The first kappa shape index (κ1) is 14.6. The van der Waals surface area contributed by atoms with Crippen LogP contribution in [0.5, 0.6) is 0 Å². The van der Waals surface area contributed by atoms with E-state index in [1.54, 1.807) is 11.8 Å². The molecule has 0 aliphatic rings. The lowest BCUT2D eigenvalue weighted by atomic mass is 10.1. The number of benzene rings is 1. The Balaban J connectivity index is 2.70. The summed E-state index contributed by atoms with van der Waals surface area (Å²) < 4.78 is 0. The van der Waals surface area contributed by atoms with Gasteiger partial charge in [-0.1, -0.05) is 24.0 Å². The highest BCUT2D eigenvalue weighted by molar-refractivity contribution is 7.98. The number of para-hydroxylation sites is 1. The van der Waals surface area contributed by atoms with E-state index in [0.717, 1.165) is 17.0 Å². The van der Waals surface area contributed by atoms with Crippen molar-refractivity contribution in [2.45, 2.75) is 12.8 Å². The highest BCUT2D eigenvalue weighted by Gasteiger charge is 2.04. The van der Waals surface area contributed by atoms with E-state index in [4.69, 9.17) is 5.11 Å². The van der Waals surface area contributed by atoms with Gasteiger partial charge in [-0.3, -0.25) is 4.79 Å². The first-order valence-corrected chi connectivity index (χ1v) is 7.15. The van der Waals surface area contributed by atoms with Crippen LogP contribution in [0, 0.1) is 11.8 Å². The van der Waals surface area contributed by atoms with Gasteiger partial charge >= 0.3 is 0 Å². The molecule has 3 nitrogen and oxygen atoms in total. The molecule has 1 amide bonds. The summed E-state index contributed by atoms with van der Waals surface area (Å²) in [7, 11) is 0. The lowest BCUT2D eigenvalue weighted by molar-refractivity contribution is -0.115. The quantitative estimate of drug-likeness (QED) is 0.800. The zero-order valence-corrected chi connectivity index (χ0v) is 11.2. The smallest absolute Gasteiger partial charge is 0.225 e. The SMILES string of the molecule is CSCCC(=O)Nc1ccccc1C#CCCO. The summed E-state index contributed by atoms with van der Waals surface area (Å²) in [5.74, 6) is 6.61. The maximum atomic E-state index is 11.6. The molecule has 1 aromatic rings. The van der Waals surface area contributed by atoms with Gasteiger partial charge in [-0.2, -0.15) is 11.8 Å². The third kappa shape index (κ3) is 5.26. The number of hydrogen-bond acceptors (Lipinski definition) is 3. The Morgan fingerprint density at radius 2 is 2.22 bits per heavy atom. The number of amides is 1. The van der Waals surface area contributed by atoms with E-state index in [1.165, 1.54) is 0 Å². The van der Waals surface area contributed by atoms with E-state index in [1.807, 2.05) is 30.5 Å². The van der Waals surface area contributed by atoms with Crippen LogP contribution >= 0.6 is 11.8 Å². The van der Waals surface area contributed by atoms with Gasteiger partial charge in [0.2, 0.25) is 5.91 Å². The maximum Gasteiger partial charge on any atom is 0.225 e. The summed E-state index contributed by atoms with van der Waals surface area (Å²) in [6, 6.07) is 7.43. The molecule has 0 heterocycles. The Bertz CT molecular complexity index is 449. The molecule has 1 rings (SSSR count). The molecule has 2 N–H and O–H groups in total. The highest BCUT2D eigenvalue weighted by Crippen LogP contribution is 2.14. The minimum absolute atomic E-state index is 0.000702. The van der Waals surface area contributed by atoms with E-state index in [2.05, 4.69) is 17.2 Å². The number of thioether (sulfide) groups is 1. The van der Waals surface area contributed by atoms with Crippen molar-refractivity contribution < 1.29 is 9.90 Å². The zero-order valence-electron chi connectivity index (χ0n) is 10.4. The number of nitrogens with one attached hydrogen (secondary N) is 1. The number of aliphatic hydroxyl groups is 1. The molecular formula is C14H17NO2S. The average molecular weight is 263 g/mol. The standard InChI is InChI=1S/C14H17NO2S/c1-18-11-9-14(17)15-13-8-3-2-6-12(13)7-4-5-10-16/h2-3,6,8,16H,5,9-11H2,1H3,(H,15,17). The lowest BCUT2D eigenvalue weighted by Gasteiger charge is -2.06. The van der Waals surface area contributed by atoms with E-state index in [-0.39, 0.29) is 12.5 Å².